The SMILES string of the molecule is COC(=O)c1ccc([C@H]2Nc3ccc(Br)cc3[C@H]3C=CC[C@H]32)cc1. The van der Waals surface area contributed by atoms with Crippen LogP contribution in [-0.4, -0.2) is 13.1 Å². The number of rotatable bonds is 2. The fraction of sp³-hybridized carbons (Fsp3) is 0.250. The zero-order chi connectivity index (χ0) is 16.7. The molecule has 0 aromatic heterocycles. The van der Waals surface area contributed by atoms with Gasteiger partial charge < -0.3 is 10.1 Å². The van der Waals surface area contributed by atoms with E-state index in [9.17, 15) is 4.79 Å². The number of hydrogen-bond donors (Lipinski definition) is 1. The monoisotopic (exact) mass is 383 g/mol. The average molecular weight is 384 g/mol. The molecule has 2 aromatic rings. The molecule has 0 spiro atoms. The largest absolute Gasteiger partial charge is 0.465 e. The average Bonchev–Trinajstić information content (AvgIpc) is 3.11. The van der Waals surface area contributed by atoms with Gasteiger partial charge in [0.1, 0.15) is 0 Å². The van der Waals surface area contributed by atoms with Crippen molar-refractivity contribution in [3.63, 3.8) is 0 Å². The number of carbonyl (C=O) groups is 1. The number of benzene rings is 2. The van der Waals surface area contributed by atoms with E-state index in [1.54, 1.807) is 0 Å². The Kier molecular flexibility index (Phi) is 3.93. The second-order valence-corrected chi connectivity index (χ2v) is 7.24. The molecule has 1 N–H and O–H groups in total. The minimum Gasteiger partial charge on any atom is -0.465 e. The number of methoxy groups -OCH3 is 1. The second-order valence-electron chi connectivity index (χ2n) is 6.32. The van der Waals surface area contributed by atoms with Crippen LogP contribution in [-0.2, 0) is 4.74 Å². The minimum absolute atomic E-state index is 0.241. The summed E-state index contributed by atoms with van der Waals surface area (Å²) >= 11 is 3.58. The zero-order valence-corrected chi connectivity index (χ0v) is 14.9. The Morgan fingerprint density at radius 3 is 2.75 bits per heavy atom. The van der Waals surface area contributed by atoms with Gasteiger partial charge in [0.2, 0.25) is 0 Å². The molecule has 24 heavy (non-hydrogen) atoms. The summed E-state index contributed by atoms with van der Waals surface area (Å²) in [5.41, 5.74) is 4.33. The van der Waals surface area contributed by atoms with Crippen molar-refractivity contribution >= 4 is 27.6 Å². The van der Waals surface area contributed by atoms with Crippen LogP contribution in [0.5, 0.6) is 0 Å². The van der Waals surface area contributed by atoms with E-state index in [0.717, 1.165) is 10.9 Å². The molecule has 2 aliphatic rings. The summed E-state index contributed by atoms with van der Waals surface area (Å²) in [7, 11) is 1.41. The van der Waals surface area contributed by atoms with Gasteiger partial charge in [-0.2, -0.15) is 0 Å². The van der Waals surface area contributed by atoms with Crippen LogP contribution in [0.3, 0.4) is 0 Å². The normalized spacial score (nSPS) is 24.0. The Balaban J connectivity index is 1.69. The van der Waals surface area contributed by atoms with Crippen molar-refractivity contribution in [3.05, 3.63) is 75.8 Å². The lowest BCUT2D eigenvalue weighted by Crippen LogP contribution is -2.29. The van der Waals surface area contributed by atoms with Gasteiger partial charge in [0.25, 0.3) is 0 Å². The second kappa shape index (κ2) is 6.10. The summed E-state index contributed by atoms with van der Waals surface area (Å²) < 4.78 is 5.89. The molecule has 2 aromatic carbocycles. The third-order valence-corrected chi connectivity index (χ3v) is 5.51. The first-order valence-electron chi connectivity index (χ1n) is 8.08. The third-order valence-electron chi connectivity index (χ3n) is 5.02. The quantitative estimate of drug-likeness (QED) is 0.581. The van der Waals surface area contributed by atoms with Gasteiger partial charge in [-0.15, -0.1) is 0 Å². The van der Waals surface area contributed by atoms with E-state index in [4.69, 9.17) is 4.74 Å². The molecule has 122 valence electrons. The van der Waals surface area contributed by atoms with Crippen molar-refractivity contribution in [1.82, 2.24) is 0 Å². The molecule has 3 atom stereocenters. The zero-order valence-electron chi connectivity index (χ0n) is 13.3. The van der Waals surface area contributed by atoms with Gasteiger partial charge in [-0.1, -0.05) is 40.2 Å². The number of halogens is 1. The highest BCUT2D eigenvalue weighted by Crippen LogP contribution is 2.50. The number of hydrogen-bond acceptors (Lipinski definition) is 3. The number of allylic oxidation sites excluding steroid dienone is 2. The fourth-order valence-electron chi connectivity index (χ4n) is 3.84. The van der Waals surface area contributed by atoms with Gasteiger partial charge in [-0.05, 0) is 53.8 Å². The highest BCUT2D eigenvalue weighted by atomic mass is 79.9. The number of nitrogens with one attached hydrogen (secondary N) is 1. The number of fused-ring (bicyclic) bond motifs is 3. The molecule has 1 aliphatic carbocycles. The Labute approximate surface area is 149 Å². The van der Waals surface area contributed by atoms with Crippen molar-refractivity contribution in [2.75, 3.05) is 12.4 Å². The predicted molar refractivity (Wildman–Crippen MR) is 98.3 cm³/mol. The molecular formula is C20H18BrNO2. The van der Waals surface area contributed by atoms with E-state index in [0.29, 0.717) is 17.4 Å². The molecule has 3 nitrogen and oxygen atoms in total. The number of ether oxygens (including phenoxy) is 1. The van der Waals surface area contributed by atoms with Gasteiger partial charge in [0.05, 0.1) is 18.7 Å². The summed E-state index contributed by atoms with van der Waals surface area (Å²) in [6.07, 6.45) is 5.67. The van der Waals surface area contributed by atoms with Gasteiger partial charge in [0.15, 0.2) is 0 Å². The van der Waals surface area contributed by atoms with E-state index in [-0.39, 0.29) is 12.0 Å². The first-order valence-corrected chi connectivity index (χ1v) is 8.87. The van der Waals surface area contributed by atoms with Crippen LogP contribution in [0.4, 0.5) is 5.69 Å². The van der Waals surface area contributed by atoms with Gasteiger partial charge in [-0.25, -0.2) is 4.79 Å². The molecule has 0 saturated carbocycles. The smallest absolute Gasteiger partial charge is 0.337 e. The Morgan fingerprint density at radius 1 is 1.21 bits per heavy atom. The molecule has 0 amide bonds. The lowest BCUT2D eigenvalue weighted by Gasteiger charge is -2.37. The molecule has 0 saturated heterocycles. The maximum Gasteiger partial charge on any atom is 0.337 e. The molecule has 0 bridgehead atoms. The maximum absolute atomic E-state index is 11.6. The fourth-order valence-corrected chi connectivity index (χ4v) is 4.22. The number of carbonyl (C=O) groups excluding carboxylic acids is 1. The van der Waals surface area contributed by atoms with Crippen LogP contribution in [0.15, 0.2) is 59.1 Å². The van der Waals surface area contributed by atoms with Crippen molar-refractivity contribution in [3.8, 4) is 0 Å². The topological polar surface area (TPSA) is 38.3 Å². The van der Waals surface area contributed by atoms with Crippen LogP contribution in [0.2, 0.25) is 0 Å². The summed E-state index contributed by atoms with van der Waals surface area (Å²) in [5, 5.41) is 3.70. The lowest BCUT2D eigenvalue weighted by atomic mass is 9.77. The van der Waals surface area contributed by atoms with Crippen molar-refractivity contribution in [2.24, 2.45) is 5.92 Å². The standard InChI is InChI=1S/C20H18BrNO2/c1-24-20(23)13-7-5-12(6-8-13)19-16-4-2-3-15(16)17-11-14(21)9-10-18(17)22-19/h2-3,5-11,15-16,19,22H,4H2,1H3/t15-,16+,19+/m0/s1. The van der Waals surface area contributed by atoms with Gasteiger partial charge >= 0.3 is 5.97 Å². The van der Waals surface area contributed by atoms with E-state index in [2.05, 4.69) is 51.6 Å². The van der Waals surface area contributed by atoms with E-state index < -0.39 is 0 Å². The van der Waals surface area contributed by atoms with Crippen LogP contribution in [0.25, 0.3) is 0 Å². The molecular weight excluding hydrogens is 366 g/mol. The van der Waals surface area contributed by atoms with Crippen molar-refractivity contribution in [2.45, 2.75) is 18.4 Å². The van der Waals surface area contributed by atoms with E-state index in [1.165, 1.54) is 23.9 Å². The predicted octanol–water partition coefficient (Wildman–Crippen LogP) is 5.06. The molecule has 1 heterocycles. The van der Waals surface area contributed by atoms with E-state index >= 15 is 0 Å². The third kappa shape index (κ3) is 2.55. The highest BCUT2D eigenvalue weighted by molar-refractivity contribution is 9.10. The molecule has 1 aliphatic heterocycles. The first kappa shape index (κ1) is 15.5. The number of anilines is 1. The maximum atomic E-state index is 11.6. The molecule has 0 radical (unpaired) electrons. The van der Waals surface area contributed by atoms with Crippen molar-refractivity contribution < 1.29 is 9.53 Å². The molecule has 0 fully saturated rings. The van der Waals surface area contributed by atoms with E-state index in [1.807, 2.05) is 24.3 Å². The van der Waals surface area contributed by atoms with Gasteiger partial charge in [0, 0.05) is 16.1 Å². The van der Waals surface area contributed by atoms with Crippen molar-refractivity contribution in [1.29, 1.82) is 0 Å². The Morgan fingerprint density at radius 2 is 2.00 bits per heavy atom. The minimum atomic E-state index is -0.297. The summed E-state index contributed by atoms with van der Waals surface area (Å²) in [6.45, 7) is 0. The molecule has 4 heteroatoms. The first-order chi connectivity index (χ1) is 11.7. The summed E-state index contributed by atoms with van der Waals surface area (Å²) in [5.74, 6) is 0.633. The van der Waals surface area contributed by atoms with Crippen LogP contribution >= 0.6 is 15.9 Å². The van der Waals surface area contributed by atoms with Gasteiger partial charge in [-0.3, -0.25) is 0 Å². The molecule has 0 unspecified atom stereocenters. The van der Waals surface area contributed by atoms with Crippen LogP contribution in [0, 0.1) is 5.92 Å². The van der Waals surface area contributed by atoms with Crippen LogP contribution in [0.1, 0.15) is 39.9 Å². The Hall–Kier alpha value is -2.07. The number of esters is 1. The highest BCUT2D eigenvalue weighted by Gasteiger charge is 2.37. The lowest BCUT2D eigenvalue weighted by molar-refractivity contribution is 0.0600. The van der Waals surface area contributed by atoms with Crippen LogP contribution < -0.4 is 5.32 Å². The molecule has 4 rings (SSSR count). The summed E-state index contributed by atoms with van der Waals surface area (Å²) in [6, 6.07) is 14.4. The summed E-state index contributed by atoms with van der Waals surface area (Å²) in [4.78, 5) is 11.6. The Bertz CT molecular complexity index is 813.